The number of carboxylic acid groups (broad SMARTS) is 1. The standard InChI is InChI=1S/C13H16BrNO4/c1-13(19,12(17)18)8-15-11(16)6-5-9-3-2-4-10(14)7-9/h2-4,7,19H,5-6,8H2,1H3,(H,15,16)(H,17,18). The summed E-state index contributed by atoms with van der Waals surface area (Å²) in [6.07, 6.45) is 0.798. The van der Waals surface area contributed by atoms with Crippen molar-refractivity contribution in [2.45, 2.75) is 25.4 Å². The lowest BCUT2D eigenvalue weighted by molar-refractivity contribution is -0.156. The van der Waals surface area contributed by atoms with Gasteiger partial charge in [0.05, 0.1) is 6.54 Å². The fraction of sp³-hybridized carbons (Fsp3) is 0.385. The van der Waals surface area contributed by atoms with Crippen molar-refractivity contribution < 1.29 is 19.8 Å². The molecule has 1 atom stereocenters. The number of aliphatic carboxylic acids is 1. The molecule has 3 N–H and O–H groups in total. The number of halogens is 1. The molecule has 0 fully saturated rings. The molecule has 0 saturated carbocycles. The maximum atomic E-state index is 11.5. The van der Waals surface area contributed by atoms with Gasteiger partial charge in [0.1, 0.15) is 0 Å². The van der Waals surface area contributed by atoms with Crippen molar-refractivity contribution in [1.82, 2.24) is 5.32 Å². The topological polar surface area (TPSA) is 86.6 Å². The zero-order chi connectivity index (χ0) is 14.5. The molecule has 5 nitrogen and oxygen atoms in total. The number of carbonyl (C=O) groups excluding carboxylic acids is 1. The second-order valence-corrected chi connectivity index (χ2v) is 5.40. The van der Waals surface area contributed by atoms with Crippen LogP contribution in [0.4, 0.5) is 0 Å². The molecule has 1 aromatic carbocycles. The predicted molar refractivity (Wildman–Crippen MR) is 73.7 cm³/mol. The van der Waals surface area contributed by atoms with Crippen LogP contribution in [0, 0.1) is 0 Å². The maximum Gasteiger partial charge on any atom is 0.337 e. The van der Waals surface area contributed by atoms with Gasteiger partial charge in [0.25, 0.3) is 0 Å². The summed E-state index contributed by atoms with van der Waals surface area (Å²) in [6.45, 7) is 0.837. The molecule has 0 aliphatic rings. The van der Waals surface area contributed by atoms with Gasteiger partial charge in [-0.1, -0.05) is 28.1 Å². The average Bonchev–Trinajstić information content (AvgIpc) is 2.34. The predicted octanol–water partition coefficient (Wildman–Crippen LogP) is 1.33. The molecule has 0 aliphatic carbocycles. The highest BCUT2D eigenvalue weighted by Crippen LogP contribution is 2.13. The molecule has 1 rings (SSSR count). The van der Waals surface area contributed by atoms with Crippen molar-refractivity contribution in [3.8, 4) is 0 Å². The van der Waals surface area contributed by atoms with E-state index in [-0.39, 0.29) is 18.9 Å². The SMILES string of the molecule is CC(O)(CNC(=O)CCc1cccc(Br)c1)C(=O)O. The van der Waals surface area contributed by atoms with Crippen molar-refractivity contribution in [2.24, 2.45) is 0 Å². The number of aliphatic hydroxyl groups is 1. The van der Waals surface area contributed by atoms with Gasteiger partial charge in [-0.15, -0.1) is 0 Å². The van der Waals surface area contributed by atoms with E-state index in [2.05, 4.69) is 21.2 Å². The molecule has 1 aromatic rings. The molecule has 0 saturated heterocycles. The number of aryl methyl sites for hydroxylation is 1. The minimum absolute atomic E-state index is 0.242. The molecular formula is C13H16BrNO4. The Kier molecular flexibility index (Phi) is 5.50. The third-order valence-electron chi connectivity index (χ3n) is 2.62. The minimum Gasteiger partial charge on any atom is -0.479 e. The summed E-state index contributed by atoms with van der Waals surface area (Å²) in [6, 6.07) is 7.60. The molecule has 1 amide bonds. The molecule has 6 heteroatoms. The normalized spacial score (nSPS) is 13.6. The van der Waals surface area contributed by atoms with E-state index < -0.39 is 11.6 Å². The van der Waals surface area contributed by atoms with E-state index >= 15 is 0 Å². The van der Waals surface area contributed by atoms with Crippen molar-refractivity contribution >= 4 is 27.8 Å². The fourth-order valence-electron chi connectivity index (χ4n) is 1.39. The third-order valence-corrected chi connectivity index (χ3v) is 3.11. The van der Waals surface area contributed by atoms with Crippen LogP contribution in [-0.4, -0.2) is 34.2 Å². The first-order chi connectivity index (χ1) is 8.81. The molecule has 1 unspecified atom stereocenters. The van der Waals surface area contributed by atoms with Gasteiger partial charge in [0, 0.05) is 10.9 Å². The van der Waals surface area contributed by atoms with E-state index in [4.69, 9.17) is 5.11 Å². The Hall–Kier alpha value is -1.40. The number of benzene rings is 1. The summed E-state index contributed by atoms with van der Waals surface area (Å²) in [4.78, 5) is 22.2. The number of carbonyl (C=O) groups is 2. The minimum atomic E-state index is -1.94. The number of rotatable bonds is 6. The zero-order valence-electron chi connectivity index (χ0n) is 10.5. The second-order valence-electron chi connectivity index (χ2n) is 4.49. The average molecular weight is 330 g/mol. The summed E-state index contributed by atoms with van der Waals surface area (Å²) in [7, 11) is 0. The summed E-state index contributed by atoms with van der Waals surface area (Å²) in [5.41, 5.74) is -0.930. The molecular weight excluding hydrogens is 314 g/mol. The van der Waals surface area contributed by atoms with Crippen LogP contribution in [0.25, 0.3) is 0 Å². The first-order valence-corrected chi connectivity index (χ1v) is 6.57. The smallest absolute Gasteiger partial charge is 0.337 e. The van der Waals surface area contributed by atoms with E-state index in [1.165, 1.54) is 0 Å². The van der Waals surface area contributed by atoms with E-state index in [1.54, 1.807) is 0 Å². The quantitative estimate of drug-likeness (QED) is 0.734. The van der Waals surface area contributed by atoms with Gasteiger partial charge in [0.15, 0.2) is 5.60 Å². The highest BCUT2D eigenvalue weighted by atomic mass is 79.9. The lowest BCUT2D eigenvalue weighted by Gasteiger charge is -2.18. The van der Waals surface area contributed by atoms with Crippen LogP contribution in [0.3, 0.4) is 0 Å². The van der Waals surface area contributed by atoms with Crippen LogP contribution in [-0.2, 0) is 16.0 Å². The number of hydrogen-bond donors (Lipinski definition) is 3. The van der Waals surface area contributed by atoms with Gasteiger partial charge < -0.3 is 15.5 Å². The van der Waals surface area contributed by atoms with Gasteiger partial charge in [-0.25, -0.2) is 4.79 Å². The summed E-state index contributed by atoms with van der Waals surface area (Å²) >= 11 is 3.34. The largest absolute Gasteiger partial charge is 0.479 e. The van der Waals surface area contributed by atoms with Crippen LogP contribution < -0.4 is 5.32 Å². The van der Waals surface area contributed by atoms with Gasteiger partial charge in [-0.3, -0.25) is 4.79 Å². The monoisotopic (exact) mass is 329 g/mol. The van der Waals surface area contributed by atoms with Gasteiger partial charge >= 0.3 is 5.97 Å². The maximum absolute atomic E-state index is 11.5. The summed E-state index contributed by atoms with van der Waals surface area (Å²) in [5, 5.41) is 20.5. The highest BCUT2D eigenvalue weighted by molar-refractivity contribution is 9.10. The first-order valence-electron chi connectivity index (χ1n) is 5.78. The van der Waals surface area contributed by atoms with E-state index in [0.717, 1.165) is 17.0 Å². The lowest BCUT2D eigenvalue weighted by Crippen LogP contribution is -2.46. The van der Waals surface area contributed by atoms with Crippen molar-refractivity contribution in [3.63, 3.8) is 0 Å². The van der Waals surface area contributed by atoms with E-state index in [0.29, 0.717) is 6.42 Å². The van der Waals surface area contributed by atoms with E-state index in [1.807, 2.05) is 24.3 Å². The van der Waals surface area contributed by atoms with Crippen LogP contribution >= 0.6 is 15.9 Å². The van der Waals surface area contributed by atoms with Gasteiger partial charge in [-0.2, -0.15) is 0 Å². The Morgan fingerprint density at radius 3 is 2.68 bits per heavy atom. The Morgan fingerprint density at radius 2 is 2.11 bits per heavy atom. The first kappa shape index (κ1) is 15.7. The third kappa shape index (κ3) is 5.40. The van der Waals surface area contributed by atoms with Crippen molar-refractivity contribution in [3.05, 3.63) is 34.3 Å². The molecule has 0 aromatic heterocycles. The summed E-state index contributed by atoms with van der Waals surface area (Å²) < 4.78 is 0.944. The molecule has 0 spiro atoms. The Bertz CT molecular complexity index is 473. The number of amides is 1. The van der Waals surface area contributed by atoms with Crippen LogP contribution in [0.5, 0.6) is 0 Å². The molecule has 0 radical (unpaired) electrons. The number of carboxylic acids is 1. The van der Waals surface area contributed by atoms with Gasteiger partial charge in [-0.05, 0) is 31.0 Å². The molecule has 0 heterocycles. The number of nitrogens with one attached hydrogen (secondary N) is 1. The van der Waals surface area contributed by atoms with Crippen LogP contribution in [0.2, 0.25) is 0 Å². The van der Waals surface area contributed by atoms with Crippen molar-refractivity contribution in [2.75, 3.05) is 6.54 Å². The summed E-state index contributed by atoms with van der Waals surface area (Å²) in [5.74, 6) is -1.65. The fourth-order valence-corrected chi connectivity index (χ4v) is 1.83. The second kappa shape index (κ2) is 6.68. The van der Waals surface area contributed by atoms with Crippen LogP contribution in [0.15, 0.2) is 28.7 Å². The Morgan fingerprint density at radius 1 is 1.42 bits per heavy atom. The zero-order valence-corrected chi connectivity index (χ0v) is 12.1. The highest BCUT2D eigenvalue weighted by Gasteiger charge is 2.30. The number of hydrogen-bond acceptors (Lipinski definition) is 3. The molecule has 0 bridgehead atoms. The van der Waals surface area contributed by atoms with Crippen LogP contribution in [0.1, 0.15) is 18.9 Å². The lowest BCUT2D eigenvalue weighted by atomic mass is 10.1. The Balaban J connectivity index is 2.39. The molecule has 0 aliphatic heterocycles. The Labute approximate surface area is 119 Å². The van der Waals surface area contributed by atoms with E-state index in [9.17, 15) is 14.7 Å². The van der Waals surface area contributed by atoms with Crippen molar-refractivity contribution in [1.29, 1.82) is 0 Å². The molecule has 104 valence electrons. The van der Waals surface area contributed by atoms with Gasteiger partial charge in [0.2, 0.25) is 5.91 Å². The molecule has 19 heavy (non-hydrogen) atoms.